The molecule has 2 aliphatic rings. The highest BCUT2D eigenvalue weighted by Crippen LogP contribution is 2.33. The largest absolute Gasteiger partial charge is 0.497 e. The van der Waals surface area contributed by atoms with E-state index >= 15 is 0 Å². The molecule has 1 N–H and O–H groups in total. The smallest absolute Gasteiger partial charge is 0.415 e. The molecule has 0 aliphatic carbocycles. The molecule has 212 valence electrons. The molecular weight excluding hydrogens is 540 g/mol. The number of carbonyl (C=O) groups is 3. The number of aromatic nitrogens is 1. The number of benzene rings is 1. The quantitative estimate of drug-likeness (QED) is 0.410. The Morgan fingerprint density at radius 1 is 1.23 bits per heavy atom. The third kappa shape index (κ3) is 5.52. The van der Waals surface area contributed by atoms with Gasteiger partial charge in [0.15, 0.2) is 5.78 Å². The second-order valence-electron chi connectivity index (χ2n) is 9.77. The van der Waals surface area contributed by atoms with Gasteiger partial charge in [0.1, 0.15) is 29.2 Å². The fourth-order valence-corrected chi connectivity index (χ4v) is 6.99. The van der Waals surface area contributed by atoms with E-state index in [2.05, 4.69) is 10.3 Å². The molecule has 0 saturated carbocycles. The fourth-order valence-electron chi connectivity index (χ4n) is 5.32. The lowest BCUT2D eigenvalue weighted by atomic mass is 10.1. The molecule has 5 rings (SSSR count). The van der Waals surface area contributed by atoms with E-state index in [0.717, 1.165) is 0 Å². The molecule has 3 unspecified atom stereocenters. The number of carbonyl (C=O) groups excluding carboxylic acids is 3. The van der Waals surface area contributed by atoms with E-state index in [4.69, 9.17) is 13.9 Å². The molecule has 2 amide bonds. The van der Waals surface area contributed by atoms with Crippen molar-refractivity contribution in [2.75, 3.05) is 20.2 Å². The van der Waals surface area contributed by atoms with Gasteiger partial charge in [0, 0.05) is 24.2 Å². The first kappa shape index (κ1) is 27.6. The standard InChI is InChI=1S/C27H30N4O8S/c1-3-6-20(29-27(34)39-24-14-17-13-19(37-2)8-9-23(17)38-24)26(33)30-12-10-21-25(30)22(32)15-31(21)40(35,36)16-18-7-4-5-11-28-18/h4-5,7-9,11,13-14,20-21,25H,3,6,10,12,15-16H2,1-2H3,(H,29,34). The van der Waals surface area contributed by atoms with Gasteiger partial charge in [0.2, 0.25) is 15.9 Å². The van der Waals surface area contributed by atoms with Crippen LogP contribution in [0.5, 0.6) is 11.7 Å². The Balaban J connectivity index is 1.26. The topological polar surface area (TPSA) is 148 Å². The summed E-state index contributed by atoms with van der Waals surface area (Å²) in [6.45, 7) is 1.75. The zero-order valence-electron chi connectivity index (χ0n) is 22.1. The zero-order chi connectivity index (χ0) is 28.4. The summed E-state index contributed by atoms with van der Waals surface area (Å²) in [7, 11) is -2.31. The molecule has 0 radical (unpaired) electrons. The van der Waals surface area contributed by atoms with E-state index < -0.39 is 40.1 Å². The number of ether oxygens (including phenoxy) is 2. The van der Waals surface area contributed by atoms with Crippen LogP contribution in [0.25, 0.3) is 11.0 Å². The van der Waals surface area contributed by atoms with E-state index in [0.29, 0.717) is 41.7 Å². The van der Waals surface area contributed by atoms with Gasteiger partial charge in [-0.3, -0.25) is 14.6 Å². The van der Waals surface area contributed by atoms with Crippen LogP contribution in [0.1, 0.15) is 31.9 Å². The van der Waals surface area contributed by atoms with E-state index in [1.165, 1.54) is 28.6 Å². The average Bonchev–Trinajstić information content (AvgIpc) is 3.62. The normalized spacial score (nSPS) is 19.9. The number of amides is 2. The summed E-state index contributed by atoms with van der Waals surface area (Å²) < 4.78 is 43.6. The number of hydrogen-bond acceptors (Lipinski definition) is 9. The molecule has 12 nitrogen and oxygen atoms in total. The van der Waals surface area contributed by atoms with Crippen molar-refractivity contribution in [1.82, 2.24) is 19.5 Å². The summed E-state index contributed by atoms with van der Waals surface area (Å²) in [6, 6.07) is 9.13. The van der Waals surface area contributed by atoms with Crippen LogP contribution in [0.4, 0.5) is 4.79 Å². The van der Waals surface area contributed by atoms with Gasteiger partial charge in [-0.15, -0.1) is 0 Å². The summed E-state index contributed by atoms with van der Waals surface area (Å²) in [5, 5.41) is 3.27. The molecule has 0 bridgehead atoms. The summed E-state index contributed by atoms with van der Waals surface area (Å²) in [5.74, 6) is -0.580. The van der Waals surface area contributed by atoms with Gasteiger partial charge in [-0.25, -0.2) is 13.2 Å². The number of hydrogen-bond donors (Lipinski definition) is 1. The van der Waals surface area contributed by atoms with Crippen molar-refractivity contribution < 1.29 is 36.7 Å². The Bertz CT molecular complexity index is 1520. The monoisotopic (exact) mass is 570 g/mol. The minimum absolute atomic E-state index is 0.0515. The maximum absolute atomic E-state index is 13.6. The van der Waals surface area contributed by atoms with Crippen LogP contribution >= 0.6 is 0 Å². The number of nitrogens with one attached hydrogen (secondary N) is 1. The number of nitrogens with zero attached hydrogens (tertiary/aromatic N) is 3. The number of rotatable bonds is 9. The van der Waals surface area contributed by atoms with Gasteiger partial charge >= 0.3 is 6.09 Å². The summed E-state index contributed by atoms with van der Waals surface area (Å²) in [5.41, 5.74) is 0.869. The molecule has 3 aromatic rings. The van der Waals surface area contributed by atoms with Gasteiger partial charge in [-0.2, -0.15) is 4.31 Å². The number of sulfonamides is 1. The maximum Gasteiger partial charge on any atom is 0.415 e. The van der Waals surface area contributed by atoms with E-state index in [1.54, 1.807) is 36.4 Å². The van der Waals surface area contributed by atoms with Gasteiger partial charge in [-0.05, 0) is 43.2 Å². The Labute approximate surface area is 231 Å². The van der Waals surface area contributed by atoms with Crippen LogP contribution in [0.15, 0.2) is 53.1 Å². The highest BCUT2D eigenvalue weighted by atomic mass is 32.2. The molecule has 1 aromatic carbocycles. The summed E-state index contributed by atoms with van der Waals surface area (Å²) in [6.07, 6.45) is 1.81. The SMILES string of the molecule is CCCC(NC(=O)Oc1cc2cc(OC)ccc2o1)C(=O)N1CCC2C1C(=O)CN2S(=O)(=O)Cc1ccccn1. The van der Waals surface area contributed by atoms with Gasteiger partial charge in [0.25, 0.3) is 5.95 Å². The van der Waals surface area contributed by atoms with Crippen LogP contribution in [0, 0.1) is 0 Å². The number of Topliss-reactive ketones (excluding diaryl/α,β-unsaturated/α-hetero) is 1. The van der Waals surface area contributed by atoms with Crippen LogP contribution in [0.3, 0.4) is 0 Å². The van der Waals surface area contributed by atoms with Gasteiger partial charge < -0.3 is 24.1 Å². The van der Waals surface area contributed by atoms with Crippen molar-refractivity contribution in [2.24, 2.45) is 0 Å². The molecule has 13 heteroatoms. The molecular formula is C27H30N4O8S. The summed E-state index contributed by atoms with van der Waals surface area (Å²) >= 11 is 0. The van der Waals surface area contributed by atoms with Crippen molar-refractivity contribution in [3.8, 4) is 11.7 Å². The number of methoxy groups -OCH3 is 1. The number of furan rings is 1. The van der Waals surface area contributed by atoms with Gasteiger partial charge in [-0.1, -0.05) is 19.4 Å². The second-order valence-corrected chi connectivity index (χ2v) is 11.7. The lowest BCUT2D eigenvalue weighted by Crippen LogP contribution is -2.53. The molecule has 4 heterocycles. The van der Waals surface area contributed by atoms with E-state index in [1.807, 2.05) is 6.92 Å². The van der Waals surface area contributed by atoms with Crippen LogP contribution in [-0.2, 0) is 25.4 Å². The number of likely N-dealkylation sites (tertiary alicyclic amines) is 1. The van der Waals surface area contributed by atoms with Crippen LogP contribution in [-0.4, -0.2) is 78.7 Å². The molecule has 2 aromatic heterocycles. The maximum atomic E-state index is 13.6. The Morgan fingerprint density at radius 3 is 2.77 bits per heavy atom. The number of ketones is 1. The molecule has 2 aliphatic heterocycles. The molecule has 2 fully saturated rings. The van der Waals surface area contributed by atoms with Crippen LogP contribution in [0.2, 0.25) is 0 Å². The van der Waals surface area contributed by atoms with Crippen molar-refractivity contribution in [1.29, 1.82) is 0 Å². The Morgan fingerprint density at radius 2 is 2.05 bits per heavy atom. The van der Waals surface area contributed by atoms with E-state index in [-0.39, 0.29) is 30.6 Å². The third-order valence-electron chi connectivity index (χ3n) is 7.14. The second kappa shape index (κ2) is 11.3. The van der Waals surface area contributed by atoms with E-state index in [9.17, 15) is 22.8 Å². The molecule has 40 heavy (non-hydrogen) atoms. The average molecular weight is 571 g/mol. The summed E-state index contributed by atoms with van der Waals surface area (Å²) in [4.78, 5) is 44.8. The number of fused-ring (bicyclic) bond motifs is 2. The third-order valence-corrected chi connectivity index (χ3v) is 8.91. The number of pyridine rings is 1. The first-order valence-electron chi connectivity index (χ1n) is 13.0. The van der Waals surface area contributed by atoms with Crippen molar-refractivity contribution in [3.05, 3.63) is 54.4 Å². The molecule has 0 spiro atoms. The van der Waals surface area contributed by atoms with Crippen molar-refractivity contribution in [2.45, 2.75) is 50.1 Å². The first-order chi connectivity index (χ1) is 19.2. The minimum Gasteiger partial charge on any atom is -0.497 e. The lowest BCUT2D eigenvalue weighted by Gasteiger charge is -2.28. The fraction of sp³-hybridized carbons (Fsp3) is 0.407. The molecule has 2 saturated heterocycles. The predicted octanol–water partition coefficient (Wildman–Crippen LogP) is 2.48. The van der Waals surface area contributed by atoms with Crippen LogP contribution < -0.4 is 14.8 Å². The highest BCUT2D eigenvalue weighted by molar-refractivity contribution is 7.88. The van der Waals surface area contributed by atoms with Crippen molar-refractivity contribution in [3.63, 3.8) is 0 Å². The zero-order valence-corrected chi connectivity index (χ0v) is 22.9. The highest BCUT2D eigenvalue weighted by Gasteiger charge is 2.54. The minimum atomic E-state index is -3.85. The predicted molar refractivity (Wildman–Crippen MR) is 143 cm³/mol. The molecule has 3 atom stereocenters. The van der Waals surface area contributed by atoms with Gasteiger partial charge in [0.05, 0.1) is 25.4 Å². The van der Waals surface area contributed by atoms with Crippen molar-refractivity contribution >= 4 is 38.8 Å². The Kier molecular flexibility index (Phi) is 7.76. The Hall–Kier alpha value is -3.97. The first-order valence-corrected chi connectivity index (χ1v) is 14.6. The lowest BCUT2D eigenvalue weighted by molar-refractivity contribution is -0.138.